The molecule has 0 aliphatic rings. The Kier molecular flexibility index (Phi) is 3.51. The minimum Gasteiger partial charge on any atom is -0.326 e. The molecule has 3 aromatic rings. The first-order chi connectivity index (χ1) is 9.81. The molecule has 0 aliphatic carbocycles. The number of nitrogens with zero attached hydrogens (tertiary/aromatic N) is 4. The predicted molar refractivity (Wildman–Crippen MR) is 75.8 cm³/mol. The molecule has 1 aromatic carbocycles. The molecule has 0 saturated carbocycles. The van der Waals surface area contributed by atoms with E-state index in [0.29, 0.717) is 6.42 Å². The van der Waals surface area contributed by atoms with Crippen LogP contribution in [0.1, 0.15) is 4.88 Å². The molecule has 7 heteroatoms. The number of tetrazole rings is 1. The van der Waals surface area contributed by atoms with Crippen LogP contribution >= 0.6 is 11.3 Å². The first-order valence-corrected chi connectivity index (χ1v) is 6.85. The van der Waals surface area contributed by atoms with Crippen molar-refractivity contribution in [2.24, 2.45) is 0 Å². The lowest BCUT2D eigenvalue weighted by molar-refractivity contribution is -0.115. The molecule has 0 saturated heterocycles. The van der Waals surface area contributed by atoms with Crippen LogP contribution < -0.4 is 5.32 Å². The average Bonchev–Trinajstić information content (AvgIpc) is 3.11. The molecule has 0 bridgehead atoms. The van der Waals surface area contributed by atoms with Crippen molar-refractivity contribution in [3.63, 3.8) is 0 Å². The number of carbonyl (C=O) groups is 1. The van der Waals surface area contributed by atoms with Gasteiger partial charge in [0.25, 0.3) is 0 Å². The van der Waals surface area contributed by atoms with Gasteiger partial charge in [-0.3, -0.25) is 4.79 Å². The van der Waals surface area contributed by atoms with Crippen molar-refractivity contribution in [2.45, 2.75) is 6.42 Å². The van der Waals surface area contributed by atoms with E-state index in [0.717, 1.165) is 16.3 Å². The average molecular weight is 285 g/mol. The van der Waals surface area contributed by atoms with Gasteiger partial charge in [0.05, 0.1) is 12.1 Å². The summed E-state index contributed by atoms with van der Waals surface area (Å²) >= 11 is 1.57. The van der Waals surface area contributed by atoms with Crippen LogP contribution in [0.15, 0.2) is 48.1 Å². The van der Waals surface area contributed by atoms with E-state index in [1.54, 1.807) is 11.3 Å². The molecule has 0 unspecified atom stereocenters. The van der Waals surface area contributed by atoms with E-state index in [1.165, 1.54) is 11.0 Å². The van der Waals surface area contributed by atoms with E-state index in [-0.39, 0.29) is 5.91 Å². The van der Waals surface area contributed by atoms with Crippen molar-refractivity contribution in [3.05, 3.63) is 53.0 Å². The predicted octanol–water partition coefficient (Wildman–Crippen LogP) is 1.90. The van der Waals surface area contributed by atoms with Crippen molar-refractivity contribution in [3.8, 4) is 5.69 Å². The summed E-state index contributed by atoms with van der Waals surface area (Å²) in [6.45, 7) is 0. The third-order valence-electron chi connectivity index (χ3n) is 2.66. The summed E-state index contributed by atoms with van der Waals surface area (Å²) in [5.74, 6) is -0.0404. The molecule has 6 nitrogen and oxygen atoms in total. The van der Waals surface area contributed by atoms with Crippen molar-refractivity contribution in [2.75, 3.05) is 5.32 Å². The van der Waals surface area contributed by atoms with E-state index < -0.39 is 0 Å². The molecule has 0 spiro atoms. The Morgan fingerprint density at radius 1 is 1.30 bits per heavy atom. The van der Waals surface area contributed by atoms with Crippen molar-refractivity contribution in [1.29, 1.82) is 0 Å². The molecule has 0 radical (unpaired) electrons. The molecule has 20 heavy (non-hydrogen) atoms. The second-order valence-electron chi connectivity index (χ2n) is 4.11. The van der Waals surface area contributed by atoms with Gasteiger partial charge in [0, 0.05) is 10.6 Å². The van der Waals surface area contributed by atoms with Gasteiger partial charge in [-0.15, -0.1) is 16.4 Å². The Hall–Kier alpha value is -2.54. The summed E-state index contributed by atoms with van der Waals surface area (Å²) in [6, 6.07) is 11.2. The van der Waals surface area contributed by atoms with Gasteiger partial charge in [-0.2, -0.15) is 0 Å². The van der Waals surface area contributed by atoms with Crippen molar-refractivity contribution >= 4 is 22.9 Å². The minimum atomic E-state index is -0.0404. The summed E-state index contributed by atoms with van der Waals surface area (Å²) in [6.07, 6.45) is 1.89. The topological polar surface area (TPSA) is 72.7 Å². The van der Waals surface area contributed by atoms with Crippen LogP contribution in [0.2, 0.25) is 0 Å². The Morgan fingerprint density at radius 2 is 2.25 bits per heavy atom. The van der Waals surface area contributed by atoms with Gasteiger partial charge >= 0.3 is 0 Å². The maximum atomic E-state index is 11.9. The van der Waals surface area contributed by atoms with Gasteiger partial charge in [-0.25, -0.2) is 4.68 Å². The summed E-state index contributed by atoms with van der Waals surface area (Å²) < 4.78 is 1.54. The summed E-state index contributed by atoms with van der Waals surface area (Å²) in [5, 5.41) is 15.8. The number of carbonyl (C=O) groups excluding carboxylic acids is 1. The Labute approximate surface area is 119 Å². The molecule has 0 atom stereocenters. The number of aromatic nitrogens is 4. The SMILES string of the molecule is O=C(Cc1cccs1)Nc1cccc(-n2cnnn2)c1. The van der Waals surface area contributed by atoms with Crippen molar-refractivity contribution < 1.29 is 4.79 Å². The van der Waals surface area contributed by atoms with Crippen LogP contribution in [-0.4, -0.2) is 26.1 Å². The number of amides is 1. The van der Waals surface area contributed by atoms with E-state index in [4.69, 9.17) is 0 Å². The largest absolute Gasteiger partial charge is 0.326 e. The molecule has 2 heterocycles. The zero-order valence-corrected chi connectivity index (χ0v) is 11.2. The second kappa shape index (κ2) is 5.62. The van der Waals surface area contributed by atoms with Crippen LogP contribution in [0, 0.1) is 0 Å². The maximum absolute atomic E-state index is 11.9. The maximum Gasteiger partial charge on any atom is 0.229 e. The highest BCUT2D eigenvalue weighted by Gasteiger charge is 2.06. The molecular formula is C13H11N5OS. The smallest absolute Gasteiger partial charge is 0.229 e. The lowest BCUT2D eigenvalue weighted by Gasteiger charge is -2.06. The zero-order valence-electron chi connectivity index (χ0n) is 10.4. The molecule has 1 N–H and O–H groups in total. The first-order valence-electron chi connectivity index (χ1n) is 5.97. The fourth-order valence-electron chi connectivity index (χ4n) is 1.78. The Morgan fingerprint density at radius 3 is 3.00 bits per heavy atom. The highest BCUT2D eigenvalue weighted by atomic mass is 32.1. The summed E-state index contributed by atoms with van der Waals surface area (Å²) in [7, 11) is 0. The number of hydrogen-bond acceptors (Lipinski definition) is 5. The Bertz CT molecular complexity index is 693. The lowest BCUT2D eigenvalue weighted by Crippen LogP contribution is -2.13. The number of rotatable bonds is 4. The number of thiophene rings is 1. The van der Waals surface area contributed by atoms with Gasteiger partial charge in [0.15, 0.2) is 0 Å². The Balaban J connectivity index is 1.71. The van der Waals surface area contributed by atoms with Gasteiger partial charge in [-0.1, -0.05) is 12.1 Å². The number of nitrogens with one attached hydrogen (secondary N) is 1. The van der Waals surface area contributed by atoms with Crippen LogP contribution in [0.25, 0.3) is 5.69 Å². The first kappa shape index (κ1) is 12.5. The van der Waals surface area contributed by atoms with E-state index in [2.05, 4.69) is 20.8 Å². The van der Waals surface area contributed by atoms with Gasteiger partial charge in [0.1, 0.15) is 6.33 Å². The highest BCUT2D eigenvalue weighted by molar-refractivity contribution is 7.10. The van der Waals surface area contributed by atoms with Crippen LogP contribution in [0.3, 0.4) is 0 Å². The minimum absolute atomic E-state index is 0.0404. The monoisotopic (exact) mass is 285 g/mol. The number of benzene rings is 1. The molecule has 0 fully saturated rings. The van der Waals surface area contributed by atoms with Crippen molar-refractivity contribution in [1.82, 2.24) is 20.2 Å². The normalized spacial score (nSPS) is 10.4. The second-order valence-corrected chi connectivity index (χ2v) is 5.14. The molecule has 2 aromatic heterocycles. The zero-order chi connectivity index (χ0) is 13.8. The molecule has 3 rings (SSSR count). The molecule has 100 valence electrons. The molecule has 0 aliphatic heterocycles. The van der Waals surface area contributed by atoms with Gasteiger partial charge in [-0.05, 0) is 40.1 Å². The quantitative estimate of drug-likeness (QED) is 0.794. The van der Waals surface area contributed by atoms with Gasteiger partial charge < -0.3 is 5.32 Å². The van der Waals surface area contributed by atoms with E-state index >= 15 is 0 Å². The van der Waals surface area contributed by atoms with E-state index in [9.17, 15) is 4.79 Å². The molecule has 1 amide bonds. The van der Waals surface area contributed by atoms with Crippen LogP contribution in [0.4, 0.5) is 5.69 Å². The fraction of sp³-hybridized carbons (Fsp3) is 0.0769. The third kappa shape index (κ3) is 2.89. The third-order valence-corrected chi connectivity index (χ3v) is 3.53. The fourth-order valence-corrected chi connectivity index (χ4v) is 2.49. The summed E-state index contributed by atoms with van der Waals surface area (Å²) in [5.41, 5.74) is 1.52. The van der Waals surface area contributed by atoms with Crippen LogP contribution in [0.5, 0.6) is 0 Å². The number of anilines is 1. The number of hydrogen-bond donors (Lipinski definition) is 1. The van der Waals surface area contributed by atoms with Crippen LogP contribution in [-0.2, 0) is 11.2 Å². The molecular weight excluding hydrogens is 274 g/mol. The lowest BCUT2D eigenvalue weighted by atomic mass is 10.2. The standard InChI is InChI=1S/C13H11N5OS/c19-13(8-12-5-2-6-20-12)15-10-3-1-4-11(7-10)18-9-14-16-17-18/h1-7,9H,8H2,(H,15,19). The highest BCUT2D eigenvalue weighted by Crippen LogP contribution is 2.15. The summed E-state index contributed by atoms with van der Waals surface area (Å²) in [4.78, 5) is 13.0. The van der Waals surface area contributed by atoms with Gasteiger partial charge in [0.2, 0.25) is 5.91 Å². The van der Waals surface area contributed by atoms with E-state index in [1.807, 2.05) is 41.8 Å².